The van der Waals surface area contributed by atoms with Gasteiger partial charge < -0.3 is 15.8 Å². The van der Waals surface area contributed by atoms with Gasteiger partial charge in [-0.1, -0.05) is 12.1 Å². The zero-order valence-corrected chi connectivity index (χ0v) is 15.4. The second kappa shape index (κ2) is 7.03. The average Bonchev–Trinajstić information content (AvgIpc) is 3.02. The number of aryl methyl sites for hydroxylation is 1. The van der Waals surface area contributed by atoms with E-state index in [2.05, 4.69) is 5.32 Å². The van der Waals surface area contributed by atoms with Gasteiger partial charge in [0.15, 0.2) is 6.61 Å². The van der Waals surface area contributed by atoms with Crippen LogP contribution in [0.3, 0.4) is 0 Å². The number of nitrogens with two attached hydrogens (primary N) is 1. The molecule has 0 fully saturated rings. The average molecular weight is 385 g/mol. The van der Waals surface area contributed by atoms with E-state index in [9.17, 15) is 14.4 Å². The predicted octanol–water partition coefficient (Wildman–Crippen LogP) is 2.09. The molecule has 0 atom stereocenters. The smallest absolute Gasteiger partial charge is 0.265 e. The van der Waals surface area contributed by atoms with Crippen molar-refractivity contribution < 1.29 is 19.1 Å². The van der Waals surface area contributed by atoms with E-state index in [1.165, 1.54) is 16.2 Å². The molecular weight excluding hydrogens is 366 g/mol. The minimum atomic E-state index is -0.530. The molecule has 1 aromatic heterocycles. The van der Waals surface area contributed by atoms with Crippen LogP contribution in [0.2, 0.25) is 0 Å². The predicted molar refractivity (Wildman–Crippen MR) is 102 cm³/mol. The second-order valence-electron chi connectivity index (χ2n) is 6.56. The van der Waals surface area contributed by atoms with E-state index in [-0.39, 0.29) is 25.0 Å². The first kappa shape index (κ1) is 17.5. The van der Waals surface area contributed by atoms with Crippen molar-refractivity contribution in [1.82, 2.24) is 0 Å². The van der Waals surface area contributed by atoms with E-state index >= 15 is 0 Å². The van der Waals surface area contributed by atoms with Gasteiger partial charge in [-0.15, -0.1) is 11.3 Å². The fourth-order valence-electron chi connectivity index (χ4n) is 3.55. The molecule has 0 bridgehead atoms. The van der Waals surface area contributed by atoms with E-state index < -0.39 is 5.91 Å². The second-order valence-corrected chi connectivity index (χ2v) is 7.67. The Kier molecular flexibility index (Phi) is 4.57. The molecule has 2 aromatic rings. The normalized spacial score (nSPS) is 15.6. The number of ether oxygens (including phenoxy) is 1. The number of hydrogen-bond donors (Lipinski definition) is 2. The Bertz CT molecular complexity index is 937. The summed E-state index contributed by atoms with van der Waals surface area (Å²) in [5.41, 5.74) is 7.50. The molecule has 3 N–H and O–H groups in total. The van der Waals surface area contributed by atoms with Crippen LogP contribution in [0.4, 0.5) is 10.7 Å². The lowest BCUT2D eigenvalue weighted by atomic mass is 9.95. The zero-order valence-electron chi connectivity index (χ0n) is 14.6. The Labute approximate surface area is 160 Å². The molecule has 7 nitrogen and oxygen atoms in total. The highest BCUT2D eigenvalue weighted by Gasteiger charge is 2.29. The highest BCUT2D eigenvalue weighted by Crippen LogP contribution is 2.38. The molecule has 0 unspecified atom stereocenters. The Morgan fingerprint density at radius 1 is 1.22 bits per heavy atom. The molecule has 2 heterocycles. The first-order valence-corrected chi connectivity index (χ1v) is 9.62. The molecule has 2 aliphatic rings. The summed E-state index contributed by atoms with van der Waals surface area (Å²) < 4.78 is 5.39. The van der Waals surface area contributed by atoms with Gasteiger partial charge in [0.25, 0.3) is 11.8 Å². The van der Waals surface area contributed by atoms with Crippen molar-refractivity contribution in [2.75, 3.05) is 23.4 Å². The van der Waals surface area contributed by atoms with Crippen molar-refractivity contribution in [3.63, 3.8) is 0 Å². The van der Waals surface area contributed by atoms with Crippen LogP contribution in [0.1, 0.15) is 33.6 Å². The van der Waals surface area contributed by atoms with Gasteiger partial charge >= 0.3 is 0 Å². The van der Waals surface area contributed by atoms with Crippen LogP contribution >= 0.6 is 11.3 Å². The monoisotopic (exact) mass is 385 g/mol. The molecule has 27 heavy (non-hydrogen) atoms. The van der Waals surface area contributed by atoms with Crippen molar-refractivity contribution >= 4 is 39.7 Å². The van der Waals surface area contributed by atoms with Crippen LogP contribution in [0.25, 0.3) is 0 Å². The number of rotatable bonds is 4. The van der Waals surface area contributed by atoms with Crippen molar-refractivity contribution in [2.45, 2.75) is 25.7 Å². The van der Waals surface area contributed by atoms with Crippen LogP contribution in [-0.2, 0) is 22.4 Å². The molecule has 4 rings (SSSR count). The molecular formula is C19H19N3O4S. The lowest BCUT2D eigenvalue weighted by molar-refractivity contribution is -0.123. The minimum absolute atomic E-state index is 0.107. The lowest BCUT2D eigenvalue weighted by Crippen LogP contribution is -2.43. The zero-order chi connectivity index (χ0) is 19.0. The number of carbonyl (C=O) groups is 3. The van der Waals surface area contributed by atoms with Crippen molar-refractivity contribution in [3.05, 3.63) is 40.3 Å². The van der Waals surface area contributed by atoms with Gasteiger partial charge in [0.2, 0.25) is 5.91 Å². The van der Waals surface area contributed by atoms with Crippen LogP contribution in [0.15, 0.2) is 24.3 Å². The summed E-state index contributed by atoms with van der Waals surface area (Å²) in [6.07, 6.45) is 3.77. The maximum Gasteiger partial charge on any atom is 0.265 e. The first-order chi connectivity index (χ1) is 13.0. The Balaban J connectivity index is 1.56. The maximum atomic E-state index is 12.6. The summed E-state index contributed by atoms with van der Waals surface area (Å²) in [7, 11) is 0. The summed E-state index contributed by atoms with van der Waals surface area (Å²) in [6, 6.07) is 7.08. The Morgan fingerprint density at radius 2 is 2.00 bits per heavy atom. The van der Waals surface area contributed by atoms with Gasteiger partial charge in [0.1, 0.15) is 17.3 Å². The summed E-state index contributed by atoms with van der Waals surface area (Å²) in [6.45, 7) is -0.260. The summed E-state index contributed by atoms with van der Waals surface area (Å²) in [5, 5.41) is 3.27. The third-order valence-corrected chi connectivity index (χ3v) is 5.99. The standard InChI is InChI=1S/C19H19N3O4S/c20-18(25)17-11-5-1-4-8-14(11)27-19(17)21-15(23)9-22-12-6-2-3-7-13(12)26-10-16(22)24/h2-3,6-7H,1,4-5,8-10H2,(H2,20,25)(H,21,23). The number of amides is 3. The molecule has 0 saturated carbocycles. The minimum Gasteiger partial charge on any atom is -0.482 e. The van der Waals surface area contributed by atoms with Crippen LogP contribution in [0.5, 0.6) is 5.75 Å². The number of nitrogens with zero attached hydrogens (tertiary/aromatic N) is 1. The third kappa shape index (κ3) is 3.28. The van der Waals surface area contributed by atoms with E-state index in [0.717, 1.165) is 36.1 Å². The fraction of sp³-hybridized carbons (Fsp3) is 0.316. The summed E-state index contributed by atoms with van der Waals surface area (Å²) in [4.78, 5) is 39.3. The quantitative estimate of drug-likeness (QED) is 0.841. The molecule has 3 amide bonds. The SMILES string of the molecule is NC(=O)c1c(NC(=O)CN2C(=O)COc3ccccc32)sc2c1CCCC2. The van der Waals surface area contributed by atoms with Crippen molar-refractivity contribution in [1.29, 1.82) is 0 Å². The van der Waals surface area contributed by atoms with E-state index in [0.29, 0.717) is 22.0 Å². The molecule has 8 heteroatoms. The van der Waals surface area contributed by atoms with Gasteiger partial charge in [-0.3, -0.25) is 19.3 Å². The van der Waals surface area contributed by atoms with Gasteiger partial charge in [-0.25, -0.2) is 0 Å². The fourth-order valence-corrected chi connectivity index (χ4v) is 4.86. The Hall–Kier alpha value is -2.87. The number of carbonyl (C=O) groups excluding carboxylic acids is 3. The third-order valence-electron chi connectivity index (χ3n) is 4.78. The van der Waals surface area contributed by atoms with Gasteiger partial charge in [0, 0.05) is 4.88 Å². The van der Waals surface area contributed by atoms with Crippen molar-refractivity contribution in [2.24, 2.45) is 5.73 Å². The molecule has 1 aliphatic carbocycles. The van der Waals surface area contributed by atoms with E-state index in [1.807, 2.05) is 6.07 Å². The number of thiophene rings is 1. The van der Waals surface area contributed by atoms with Crippen molar-refractivity contribution in [3.8, 4) is 5.75 Å². The molecule has 1 aromatic carbocycles. The maximum absolute atomic E-state index is 12.6. The van der Waals surface area contributed by atoms with Gasteiger partial charge in [-0.05, 0) is 43.4 Å². The number of primary amides is 1. The number of hydrogen-bond acceptors (Lipinski definition) is 5. The summed E-state index contributed by atoms with van der Waals surface area (Å²) >= 11 is 1.41. The van der Waals surface area contributed by atoms with E-state index in [4.69, 9.17) is 10.5 Å². The van der Waals surface area contributed by atoms with E-state index in [1.54, 1.807) is 18.2 Å². The number of nitrogens with one attached hydrogen (secondary N) is 1. The molecule has 0 spiro atoms. The van der Waals surface area contributed by atoms with Crippen LogP contribution < -0.4 is 20.7 Å². The van der Waals surface area contributed by atoms with Crippen LogP contribution in [0, 0.1) is 0 Å². The number of benzene rings is 1. The topological polar surface area (TPSA) is 102 Å². The molecule has 0 radical (unpaired) electrons. The van der Waals surface area contributed by atoms with Crippen LogP contribution in [-0.4, -0.2) is 30.9 Å². The number of para-hydroxylation sites is 2. The first-order valence-electron chi connectivity index (χ1n) is 8.81. The lowest BCUT2D eigenvalue weighted by Gasteiger charge is -2.28. The summed E-state index contributed by atoms with van der Waals surface area (Å²) in [5.74, 6) is -0.627. The van der Waals surface area contributed by atoms with Gasteiger partial charge in [-0.2, -0.15) is 0 Å². The Morgan fingerprint density at radius 3 is 2.81 bits per heavy atom. The molecule has 1 aliphatic heterocycles. The molecule has 0 saturated heterocycles. The molecule has 140 valence electrons. The largest absolute Gasteiger partial charge is 0.482 e. The number of anilines is 2. The highest BCUT2D eigenvalue weighted by atomic mass is 32.1. The van der Waals surface area contributed by atoms with Gasteiger partial charge in [0.05, 0.1) is 11.3 Å². The highest BCUT2D eigenvalue weighted by molar-refractivity contribution is 7.17. The number of fused-ring (bicyclic) bond motifs is 2.